The molecule has 1 atom stereocenters. The van der Waals surface area contributed by atoms with Gasteiger partial charge in [0.2, 0.25) is 11.8 Å². The van der Waals surface area contributed by atoms with E-state index in [1.807, 2.05) is 30.3 Å². The van der Waals surface area contributed by atoms with E-state index < -0.39 is 6.17 Å². The highest BCUT2D eigenvalue weighted by Crippen LogP contribution is 2.36. The van der Waals surface area contributed by atoms with Crippen LogP contribution >= 0.6 is 11.3 Å². The molecule has 9 heteroatoms. The number of rotatable bonds is 7. The van der Waals surface area contributed by atoms with Crippen LogP contribution < -0.4 is 21.5 Å². The van der Waals surface area contributed by atoms with Crippen LogP contribution in [0.5, 0.6) is 0 Å². The van der Waals surface area contributed by atoms with E-state index in [9.17, 15) is 9.59 Å². The van der Waals surface area contributed by atoms with Gasteiger partial charge in [-0.25, -0.2) is 10.4 Å². The summed E-state index contributed by atoms with van der Waals surface area (Å²) in [6.45, 7) is 0.347. The van der Waals surface area contributed by atoms with Crippen LogP contribution in [0.3, 0.4) is 0 Å². The van der Waals surface area contributed by atoms with Gasteiger partial charge < -0.3 is 20.8 Å². The van der Waals surface area contributed by atoms with Crippen LogP contribution in [0.15, 0.2) is 30.3 Å². The topological polar surface area (TPSA) is 104 Å². The van der Waals surface area contributed by atoms with Gasteiger partial charge in [0, 0.05) is 5.92 Å². The molecule has 1 aliphatic heterocycles. The highest BCUT2D eigenvalue weighted by Gasteiger charge is 2.32. The highest BCUT2D eigenvalue weighted by molar-refractivity contribution is 7.16. The molecule has 0 bridgehead atoms. The largest absolute Gasteiger partial charge is 0.367 e. The molecular formula is C17H19N5O3S. The lowest BCUT2D eigenvalue weighted by molar-refractivity contribution is -0.127. The molecule has 2 heterocycles. The lowest BCUT2D eigenvalue weighted by atomic mass is 10.2. The zero-order valence-corrected chi connectivity index (χ0v) is 14.8. The van der Waals surface area contributed by atoms with Crippen LogP contribution in [-0.2, 0) is 20.9 Å². The number of anilines is 2. The number of carbonyl (C=O) groups excluding carboxylic acids is 2. The van der Waals surface area contributed by atoms with Crippen molar-refractivity contribution in [1.82, 2.24) is 15.7 Å². The fourth-order valence-corrected chi connectivity index (χ4v) is 3.50. The zero-order valence-electron chi connectivity index (χ0n) is 14.0. The first-order chi connectivity index (χ1) is 12.7. The Morgan fingerprint density at radius 2 is 2.08 bits per heavy atom. The summed E-state index contributed by atoms with van der Waals surface area (Å²) >= 11 is 1.34. The first-order valence-electron chi connectivity index (χ1n) is 8.43. The van der Waals surface area contributed by atoms with Gasteiger partial charge in [-0.15, -0.1) is 0 Å². The molecular weight excluding hydrogens is 354 g/mol. The van der Waals surface area contributed by atoms with Gasteiger partial charge in [-0.05, 0) is 18.4 Å². The van der Waals surface area contributed by atoms with Gasteiger partial charge in [0.05, 0.1) is 11.5 Å². The molecule has 2 aliphatic rings. The Labute approximate surface area is 154 Å². The third-order valence-electron chi connectivity index (χ3n) is 4.08. The SMILES string of the molecule is O=C(COCc1ccccc1)NC1NNc2nc(NC(=O)C3CC3)sc21. The van der Waals surface area contributed by atoms with E-state index >= 15 is 0 Å². The first-order valence-corrected chi connectivity index (χ1v) is 9.25. The second-order valence-electron chi connectivity index (χ2n) is 6.24. The second kappa shape index (κ2) is 7.40. The van der Waals surface area contributed by atoms with E-state index in [0.717, 1.165) is 23.3 Å². The Morgan fingerprint density at radius 3 is 2.85 bits per heavy atom. The van der Waals surface area contributed by atoms with E-state index in [4.69, 9.17) is 4.74 Å². The highest BCUT2D eigenvalue weighted by atomic mass is 32.1. The minimum atomic E-state index is -0.401. The van der Waals surface area contributed by atoms with E-state index in [1.54, 1.807) is 0 Å². The Bertz CT molecular complexity index is 806. The van der Waals surface area contributed by atoms with Crippen LogP contribution in [0.4, 0.5) is 10.9 Å². The molecule has 4 rings (SSSR count). The van der Waals surface area contributed by atoms with Gasteiger partial charge in [-0.2, -0.15) is 0 Å². The van der Waals surface area contributed by atoms with Crippen molar-refractivity contribution in [2.45, 2.75) is 25.6 Å². The number of hydrogen-bond donors (Lipinski definition) is 4. The number of thiazole rings is 1. The number of fused-ring (bicyclic) bond motifs is 1. The Balaban J connectivity index is 1.27. The molecule has 8 nitrogen and oxygen atoms in total. The zero-order chi connectivity index (χ0) is 17.9. The molecule has 1 aromatic heterocycles. The molecule has 0 radical (unpaired) electrons. The van der Waals surface area contributed by atoms with Gasteiger partial charge in [0.1, 0.15) is 12.8 Å². The van der Waals surface area contributed by atoms with Crippen molar-refractivity contribution >= 4 is 34.1 Å². The summed E-state index contributed by atoms with van der Waals surface area (Å²) in [5, 5.41) is 6.21. The van der Waals surface area contributed by atoms with E-state index in [2.05, 4.69) is 26.5 Å². The first kappa shape index (κ1) is 17.0. The maximum atomic E-state index is 12.1. The fourth-order valence-electron chi connectivity index (χ4n) is 2.57. The Morgan fingerprint density at radius 1 is 1.27 bits per heavy atom. The molecule has 4 N–H and O–H groups in total. The maximum absolute atomic E-state index is 12.1. The third kappa shape index (κ3) is 4.01. The molecule has 136 valence electrons. The number of benzene rings is 1. The molecule has 1 aliphatic carbocycles. The molecule has 1 saturated carbocycles. The lowest BCUT2D eigenvalue weighted by Crippen LogP contribution is -2.38. The molecule has 2 amide bonds. The fraction of sp³-hybridized carbons (Fsp3) is 0.353. The number of carbonyl (C=O) groups is 2. The molecule has 26 heavy (non-hydrogen) atoms. The minimum absolute atomic E-state index is 0.0141. The molecule has 1 unspecified atom stereocenters. The van der Waals surface area contributed by atoms with Crippen molar-refractivity contribution < 1.29 is 14.3 Å². The Kier molecular flexibility index (Phi) is 4.83. The minimum Gasteiger partial charge on any atom is -0.367 e. The number of amides is 2. The van der Waals surface area contributed by atoms with Gasteiger partial charge in [-0.3, -0.25) is 9.59 Å². The van der Waals surface area contributed by atoms with Crippen molar-refractivity contribution in [3.63, 3.8) is 0 Å². The van der Waals surface area contributed by atoms with E-state index in [1.165, 1.54) is 11.3 Å². The summed E-state index contributed by atoms with van der Waals surface area (Å²) in [5.74, 6) is 0.527. The third-order valence-corrected chi connectivity index (χ3v) is 5.11. The molecule has 0 spiro atoms. The summed E-state index contributed by atoms with van der Waals surface area (Å²) in [6.07, 6.45) is 1.48. The number of hydrogen-bond acceptors (Lipinski definition) is 7. The maximum Gasteiger partial charge on any atom is 0.247 e. The Hall–Kier alpha value is -2.49. The summed E-state index contributed by atoms with van der Waals surface area (Å²) in [4.78, 5) is 29.1. The van der Waals surface area contributed by atoms with Crippen LogP contribution in [0, 0.1) is 5.92 Å². The van der Waals surface area contributed by atoms with Crippen LogP contribution in [-0.4, -0.2) is 23.4 Å². The summed E-state index contributed by atoms with van der Waals surface area (Å²) in [7, 11) is 0. The average molecular weight is 373 g/mol. The molecule has 2 aromatic rings. The van der Waals surface area contributed by atoms with Crippen molar-refractivity contribution in [1.29, 1.82) is 0 Å². The lowest BCUT2D eigenvalue weighted by Gasteiger charge is -2.12. The quantitative estimate of drug-likeness (QED) is 0.589. The predicted molar refractivity (Wildman–Crippen MR) is 97.2 cm³/mol. The van der Waals surface area contributed by atoms with Crippen molar-refractivity contribution in [3.8, 4) is 0 Å². The van der Waals surface area contributed by atoms with Gasteiger partial charge in [-0.1, -0.05) is 41.7 Å². The van der Waals surface area contributed by atoms with Crippen molar-refractivity contribution in [2.75, 3.05) is 17.3 Å². The number of ether oxygens (including phenoxy) is 1. The van der Waals surface area contributed by atoms with E-state index in [0.29, 0.717) is 17.6 Å². The molecule has 0 saturated heterocycles. The smallest absolute Gasteiger partial charge is 0.247 e. The molecule has 1 fully saturated rings. The van der Waals surface area contributed by atoms with E-state index in [-0.39, 0.29) is 24.3 Å². The average Bonchev–Trinajstić information content (AvgIpc) is 3.33. The number of nitrogens with one attached hydrogen (secondary N) is 4. The number of aromatic nitrogens is 1. The number of hydrazine groups is 1. The van der Waals surface area contributed by atoms with Crippen LogP contribution in [0.25, 0.3) is 0 Å². The monoisotopic (exact) mass is 373 g/mol. The predicted octanol–water partition coefficient (Wildman–Crippen LogP) is 1.75. The van der Waals surface area contributed by atoms with Crippen molar-refractivity contribution in [2.24, 2.45) is 5.92 Å². The van der Waals surface area contributed by atoms with Gasteiger partial charge in [0.15, 0.2) is 10.9 Å². The number of nitrogens with zero attached hydrogens (tertiary/aromatic N) is 1. The van der Waals surface area contributed by atoms with Crippen LogP contribution in [0.2, 0.25) is 0 Å². The van der Waals surface area contributed by atoms with Gasteiger partial charge in [0.25, 0.3) is 0 Å². The molecule has 1 aromatic carbocycles. The van der Waals surface area contributed by atoms with Crippen LogP contribution in [0.1, 0.15) is 29.4 Å². The summed E-state index contributed by atoms with van der Waals surface area (Å²) in [5.41, 5.74) is 6.89. The summed E-state index contributed by atoms with van der Waals surface area (Å²) < 4.78 is 5.44. The van der Waals surface area contributed by atoms with Crippen molar-refractivity contribution in [3.05, 3.63) is 40.8 Å². The second-order valence-corrected chi connectivity index (χ2v) is 7.27. The standard InChI is InChI=1S/C17H19N5O3S/c23-12(9-25-8-10-4-2-1-3-5-10)18-14-13-15(22-21-14)19-17(26-13)20-16(24)11-6-7-11/h1-5,11,14,21-22H,6-9H2,(H,18,23)(H,19,20,24). The normalized spacial score (nSPS) is 18.1. The summed E-state index contributed by atoms with van der Waals surface area (Å²) in [6, 6.07) is 9.68. The van der Waals surface area contributed by atoms with Gasteiger partial charge >= 0.3 is 0 Å².